The van der Waals surface area contributed by atoms with Crippen molar-refractivity contribution < 1.29 is 32.2 Å². The molecule has 0 unspecified atom stereocenters. The van der Waals surface area contributed by atoms with Crippen molar-refractivity contribution in [3.8, 4) is 0 Å². The van der Waals surface area contributed by atoms with Crippen molar-refractivity contribution in [1.29, 1.82) is 0 Å². The molecule has 1 heterocycles. The predicted molar refractivity (Wildman–Crippen MR) is 152 cm³/mol. The SMILES string of the molecule is CCOC(=O)[C@](C)(NS(=O)(=O)c1ccc(C)cc1)[C@@]1(O)C(=O)N(Cc2cccc3ccccc23)c2cc(F)ccc21. The van der Waals surface area contributed by atoms with Gasteiger partial charge in [-0.2, -0.15) is 4.72 Å². The molecule has 0 spiro atoms. The third-order valence-electron chi connectivity index (χ3n) is 7.48. The average molecular weight is 577 g/mol. The van der Waals surface area contributed by atoms with Gasteiger partial charge in [0.2, 0.25) is 15.6 Å². The van der Waals surface area contributed by atoms with Crippen LogP contribution < -0.4 is 9.62 Å². The molecule has 4 aromatic carbocycles. The lowest BCUT2D eigenvalue weighted by Crippen LogP contribution is -2.68. The molecule has 0 aliphatic carbocycles. The number of carbonyl (C=O) groups excluding carboxylic acids is 2. The number of hydrogen-bond acceptors (Lipinski definition) is 6. The first kappa shape index (κ1) is 28.4. The highest BCUT2D eigenvalue weighted by Crippen LogP contribution is 2.48. The van der Waals surface area contributed by atoms with Gasteiger partial charge in [0.05, 0.1) is 23.7 Å². The quantitative estimate of drug-likeness (QED) is 0.302. The summed E-state index contributed by atoms with van der Waals surface area (Å²) in [5.41, 5.74) is -3.94. The van der Waals surface area contributed by atoms with Gasteiger partial charge >= 0.3 is 5.97 Å². The van der Waals surface area contributed by atoms with Crippen molar-refractivity contribution in [1.82, 2.24) is 4.72 Å². The number of anilines is 1. The van der Waals surface area contributed by atoms with E-state index in [2.05, 4.69) is 4.72 Å². The van der Waals surface area contributed by atoms with Gasteiger partial charge in [-0.1, -0.05) is 66.2 Å². The van der Waals surface area contributed by atoms with Crippen LogP contribution in [0.15, 0.2) is 89.8 Å². The molecule has 8 nitrogen and oxygen atoms in total. The molecule has 10 heteroatoms. The van der Waals surface area contributed by atoms with Gasteiger partial charge in [0.15, 0.2) is 5.54 Å². The molecule has 1 aliphatic heterocycles. The zero-order valence-electron chi connectivity index (χ0n) is 22.7. The zero-order valence-corrected chi connectivity index (χ0v) is 23.5. The van der Waals surface area contributed by atoms with E-state index in [4.69, 9.17) is 4.74 Å². The van der Waals surface area contributed by atoms with E-state index < -0.39 is 38.9 Å². The Morgan fingerprint density at radius 3 is 2.44 bits per heavy atom. The molecule has 0 aromatic heterocycles. The molecular formula is C31H29FN2O6S. The van der Waals surface area contributed by atoms with Crippen LogP contribution in [0.25, 0.3) is 10.8 Å². The molecule has 212 valence electrons. The van der Waals surface area contributed by atoms with Crippen LogP contribution in [-0.2, 0) is 36.5 Å². The Bertz CT molecular complexity index is 1770. The molecule has 1 aliphatic rings. The Labute approximate surface area is 237 Å². The topological polar surface area (TPSA) is 113 Å². The number of aliphatic hydroxyl groups is 1. The number of esters is 1. The lowest BCUT2D eigenvalue weighted by Gasteiger charge is -2.39. The van der Waals surface area contributed by atoms with Crippen LogP contribution >= 0.6 is 0 Å². The van der Waals surface area contributed by atoms with Gasteiger partial charge in [-0.25, -0.2) is 17.6 Å². The summed E-state index contributed by atoms with van der Waals surface area (Å²) in [6.07, 6.45) is 0. The number of benzene rings is 4. The molecule has 2 atom stereocenters. The molecule has 0 radical (unpaired) electrons. The maximum atomic E-state index is 14.6. The maximum Gasteiger partial charge on any atom is 0.330 e. The number of hydrogen-bond donors (Lipinski definition) is 2. The summed E-state index contributed by atoms with van der Waals surface area (Å²) in [7, 11) is -4.47. The summed E-state index contributed by atoms with van der Waals surface area (Å²) in [6.45, 7) is 4.17. The molecule has 1 amide bonds. The first-order valence-electron chi connectivity index (χ1n) is 13.0. The third-order valence-corrected chi connectivity index (χ3v) is 9.05. The van der Waals surface area contributed by atoms with Crippen LogP contribution in [0.3, 0.4) is 0 Å². The average Bonchev–Trinajstić information content (AvgIpc) is 3.15. The molecule has 4 aromatic rings. The summed E-state index contributed by atoms with van der Waals surface area (Å²) in [5, 5.41) is 14.0. The summed E-state index contributed by atoms with van der Waals surface area (Å²) in [4.78, 5) is 28.8. The summed E-state index contributed by atoms with van der Waals surface area (Å²) >= 11 is 0. The number of nitrogens with zero attached hydrogens (tertiary/aromatic N) is 1. The van der Waals surface area contributed by atoms with E-state index in [9.17, 15) is 27.5 Å². The van der Waals surface area contributed by atoms with Crippen molar-refractivity contribution in [2.75, 3.05) is 11.5 Å². The number of ether oxygens (including phenoxy) is 1. The van der Waals surface area contributed by atoms with Crippen LogP contribution in [0.2, 0.25) is 0 Å². The molecule has 0 bridgehead atoms. The summed E-state index contributed by atoms with van der Waals surface area (Å²) in [5.74, 6) is -2.86. The number of sulfonamides is 1. The minimum absolute atomic E-state index is 0.00971. The van der Waals surface area contributed by atoms with Crippen LogP contribution in [0, 0.1) is 12.7 Å². The molecule has 5 rings (SSSR count). The van der Waals surface area contributed by atoms with Crippen molar-refractivity contribution in [3.63, 3.8) is 0 Å². The Balaban J connectivity index is 1.67. The molecular weight excluding hydrogens is 547 g/mol. The van der Waals surface area contributed by atoms with Gasteiger partial charge in [-0.3, -0.25) is 4.79 Å². The van der Waals surface area contributed by atoms with E-state index in [-0.39, 0.29) is 29.3 Å². The third kappa shape index (κ3) is 4.67. The molecule has 0 saturated carbocycles. The van der Waals surface area contributed by atoms with E-state index in [1.165, 1.54) is 25.1 Å². The lowest BCUT2D eigenvalue weighted by molar-refractivity contribution is -0.169. The van der Waals surface area contributed by atoms with Gasteiger partial charge in [-0.05, 0) is 61.4 Å². The predicted octanol–water partition coefficient (Wildman–Crippen LogP) is 4.32. The fourth-order valence-corrected chi connectivity index (χ4v) is 6.66. The van der Waals surface area contributed by atoms with Crippen molar-refractivity contribution in [2.45, 2.75) is 43.4 Å². The van der Waals surface area contributed by atoms with Crippen LogP contribution in [0.1, 0.15) is 30.5 Å². The summed E-state index contributed by atoms with van der Waals surface area (Å²) in [6, 6.07) is 22.2. The molecule has 0 saturated heterocycles. The minimum atomic E-state index is -4.47. The molecule has 41 heavy (non-hydrogen) atoms. The summed E-state index contributed by atoms with van der Waals surface area (Å²) < 4.78 is 49.2. The fraction of sp³-hybridized carbons (Fsp3) is 0.226. The van der Waals surface area contributed by atoms with Gasteiger partial charge in [0.25, 0.3) is 5.91 Å². The smallest absolute Gasteiger partial charge is 0.330 e. The normalized spacial score (nSPS) is 18.3. The number of fused-ring (bicyclic) bond motifs is 2. The van der Waals surface area contributed by atoms with Crippen LogP contribution in [0.4, 0.5) is 10.1 Å². The Hall–Kier alpha value is -4.12. The van der Waals surface area contributed by atoms with Crippen molar-refractivity contribution in [3.05, 3.63) is 107 Å². The number of amides is 1. The van der Waals surface area contributed by atoms with E-state index in [1.54, 1.807) is 25.1 Å². The van der Waals surface area contributed by atoms with Gasteiger partial charge in [0, 0.05) is 5.56 Å². The van der Waals surface area contributed by atoms with Gasteiger partial charge in [-0.15, -0.1) is 0 Å². The van der Waals surface area contributed by atoms with Gasteiger partial charge < -0.3 is 14.7 Å². The first-order chi connectivity index (χ1) is 19.4. The Kier molecular flexibility index (Phi) is 7.19. The Morgan fingerprint density at radius 2 is 1.73 bits per heavy atom. The second kappa shape index (κ2) is 10.4. The highest BCUT2D eigenvalue weighted by atomic mass is 32.2. The Morgan fingerprint density at radius 1 is 1.05 bits per heavy atom. The van der Waals surface area contributed by atoms with Crippen molar-refractivity contribution >= 4 is 38.4 Å². The second-order valence-corrected chi connectivity index (χ2v) is 11.8. The largest absolute Gasteiger partial charge is 0.464 e. The standard InChI is InChI=1S/C31H29FN2O6S/c1-4-40-29(36)30(3,33-41(38,39)24-15-12-20(2)13-16-24)31(37)26-17-14-23(32)18-27(26)34(28(31)35)19-22-10-7-9-21-8-5-6-11-25(21)22/h5-18,33,37H,4,19H2,1-3H3/t30-,31-/m0/s1. The fourth-order valence-electron chi connectivity index (χ4n) is 5.28. The van der Waals surface area contributed by atoms with Crippen LogP contribution in [-0.4, -0.2) is 37.5 Å². The van der Waals surface area contributed by atoms with Crippen LogP contribution in [0.5, 0.6) is 0 Å². The lowest BCUT2D eigenvalue weighted by atomic mass is 9.77. The van der Waals surface area contributed by atoms with E-state index in [1.807, 2.05) is 36.4 Å². The number of aryl methyl sites for hydroxylation is 1. The van der Waals surface area contributed by atoms with E-state index in [0.29, 0.717) is 5.56 Å². The highest BCUT2D eigenvalue weighted by Gasteiger charge is 2.66. The van der Waals surface area contributed by atoms with Crippen molar-refractivity contribution in [2.24, 2.45) is 0 Å². The van der Waals surface area contributed by atoms with E-state index in [0.717, 1.165) is 40.3 Å². The number of rotatable bonds is 8. The van der Waals surface area contributed by atoms with Gasteiger partial charge in [0.1, 0.15) is 5.82 Å². The number of carbonyl (C=O) groups is 2. The molecule has 0 fully saturated rings. The maximum absolute atomic E-state index is 14.6. The minimum Gasteiger partial charge on any atom is -0.464 e. The second-order valence-electron chi connectivity index (χ2n) is 10.2. The molecule has 2 N–H and O–H groups in total. The zero-order chi connectivity index (χ0) is 29.6. The first-order valence-corrected chi connectivity index (χ1v) is 14.5. The van der Waals surface area contributed by atoms with E-state index >= 15 is 0 Å². The highest BCUT2D eigenvalue weighted by molar-refractivity contribution is 7.89. The number of nitrogens with one attached hydrogen (secondary N) is 1. The monoisotopic (exact) mass is 576 g/mol. The number of halogens is 1.